The molecular formula is C14H16ClN5O2. The highest BCUT2D eigenvalue weighted by Gasteiger charge is 2.13. The van der Waals surface area contributed by atoms with E-state index in [0.29, 0.717) is 16.4 Å². The third-order valence-corrected chi connectivity index (χ3v) is 3.40. The van der Waals surface area contributed by atoms with Crippen molar-refractivity contribution in [1.82, 2.24) is 20.1 Å². The number of aromatic nitrogens is 3. The molecule has 0 aromatic carbocycles. The summed E-state index contributed by atoms with van der Waals surface area (Å²) in [5.74, 6) is -0.714. The Labute approximate surface area is 132 Å². The highest BCUT2D eigenvalue weighted by Crippen LogP contribution is 2.17. The van der Waals surface area contributed by atoms with Crippen LogP contribution in [0.3, 0.4) is 0 Å². The number of rotatable bonds is 4. The SMILES string of the molecule is Cc1nn(C)c(C)c1NC(=O)CNC(=O)c1ccc(Cl)nc1. The lowest BCUT2D eigenvalue weighted by atomic mass is 10.2. The summed E-state index contributed by atoms with van der Waals surface area (Å²) in [4.78, 5) is 27.6. The van der Waals surface area contributed by atoms with Crippen molar-refractivity contribution in [3.05, 3.63) is 40.4 Å². The molecule has 0 spiro atoms. The number of carbonyl (C=O) groups is 2. The summed E-state index contributed by atoms with van der Waals surface area (Å²) in [5, 5.41) is 9.78. The van der Waals surface area contributed by atoms with E-state index in [1.165, 1.54) is 18.3 Å². The summed E-state index contributed by atoms with van der Waals surface area (Å²) in [6, 6.07) is 3.05. The molecule has 0 atom stereocenters. The Kier molecular flexibility index (Phi) is 4.77. The van der Waals surface area contributed by atoms with Crippen LogP contribution in [0.1, 0.15) is 21.7 Å². The van der Waals surface area contributed by atoms with Crippen LogP contribution in [0.2, 0.25) is 5.15 Å². The molecule has 2 rings (SSSR count). The van der Waals surface area contributed by atoms with Crippen molar-refractivity contribution in [1.29, 1.82) is 0 Å². The summed E-state index contributed by atoms with van der Waals surface area (Å²) >= 11 is 5.65. The van der Waals surface area contributed by atoms with Gasteiger partial charge in [-0.3, -0.25) is 14.3 Å². The molecule has 0 bridgehead atoms. The molecule has 2 N–H and O–H groups in total. The Balaban J connectivity index is 1.92. The quantitative estimate of drug-likeness (QED) is 0.834. The van der Waals surface area contributed by atoms with Gasteiger partial charge in [-0.05, 0) is 26.0 Å². The van der Waals surface area contributed by atoms with Gasteiger partial charge in [-0.25, -0.2) is 4.98 Å². The number of hydrogen-bond acceptors (Lipinski definition) is 4. The van der Waals surface area contributed by atoms with Gasteiger partial charge in [0.05, 0.1) is 29.2 Å². The number of nitrogens with zero attached hydrogens (tertiary/aromatic N) is 3. The minimum Gasteiger partial charge on any atom is -0.343 e. The van der Waals surface area contributed by atoms with Gasteiger partial charge in [-0.15, -0.1) is 0 Å². The van der Waals surface area contributed by atoms with Crippen LogP contribution >= 0.6 is 11.6 Å². The van der Waals surface area contributed by atoms with E-state index in [2.05, 4.69) is 20.7 Å². The molecule has 0 radical (unpaired) electrons. The van der Waals surface area contributed by atoms with Crippen molar-refractivity contribution in [2.75, 3.05) is 11.9 Å². The Morgan fingerprint density at radius 3 is 2.59 bits per heavy atom. The first-order valence-corrected chi connectivity index (χ1v) is 6.96. The van der Waals surface area contributed by atoms with E-state index in [-0.39, 0.29) is 18.4 Å². The minimum atomic E-state index is -0.390. The van der Waals surface area contributed by atoms with Gasteiger partial charge in [-0.1, -0.05) is 11.6 Å². The second kappa shape index (κ2) is 6.57. The fraction of sp³-hybridized carbons (Fsp3) is 0.286. The zero-order valence-corrected chi connectivity index (χ0v) is 13.2. The lowest BCUT2D eigenvalue weighted by Crippen LogP contribution is -2.33. The summed E-state index contributed by atoms with van der Waals surface area (Å²) in [5.41, 5.74) is 2.57. The number of pyridine rings is 1. The molecule has 2 amide bonds. The van der Waals surface area contributed by atoms with E-state index >= 15 is 0 Å². The summed E-state index contributed by atoms with van der Waals surface area (Å²) in [6.45, 7) is 3.52. The molecule has 0 saturated carbocycles. The predicted octanol–water partition coefficient (Wildman–Crippen LogP) is 1.45. The van der Waals surface area contributed by atoms with Crippen LogP contribution < -0.4 is 10.6 Å². The highest BCUT2D eigenvalue weighted by molar-refractivity contribution is 6.29. The van der Waals surface area contributed by atoms with Crippen LogP contribution in [0.25, 0.3) is 0 Å². The maximum atomic E-state index is 11.9. The number of carbonyl (C=O) groups excluding carboxylic acids is 2. The van der Waals surface area contributed by atoms with Gasteiger partial charge in [0.2, 0.25) is 5.91 Å². The third kappa shape index (κ3) is 3.62. The van der Waals surface area contributed by atoms with Crippen LogP contribution in [0.5, 0.6) is 0 Å². The number of halogens is 1. The first-order valence-electron chi connectivity index (χ1n) is 6.58. The lowest BCUT2D eigenvalue weighted by molar-refractivity contribution is -0.115. The van der Waals surface area contributed by atoms with Crippen molar-refractivity contribution in [2.45, 2.75) is 13.8 Å². The largest absolute Gasteiger partial charge is 0.343 e. The zero-order chi connectivity index (χ0) is 16.3. The van der Waals surface area contributed by atoms with Gasteiger partial charge in [0.15, 0.2) is 0 Å². The van der Waals surface area contributed by atoms with E-state index in [1.54, 1.807) is 18.7 Å². The Bertz CT molecular complexity index is 709. The minimum absolute atomic E-state index is 0.144. The van der Waals surface area contributed by atoms with Gasteiger partial charge in [0.1, 0.15) is 5.15 Å². The fourth-order valence-electron chi connectivity index (χ4n) is 1.91. The zero-order valence-electron chi connectivity index (χ0n) is 12.5. The topological polar surface area (TPSA) is 88.9 Å². The van der Waals surface area contributed by atoms with E-state index in [1.807, 2.05) is 6.92 Å². The first kappa shape index (κ1) is 16.0. The number of aryl methyl sites for hydroxylation is 2. The summed E-state index contributed by atoms with van der Waals surface area (Å²) in [6.07, 6.45) is 1.35. The molecule has 22 heavy (non-hydrogen) atoms. The fourth-order valence-corrected chi connectivity index (χ4v) is 2.02. The Hall–Kier alpha value is -2.41. The first-order chi connectivity index (χ1) is 10.4. The Morgan fingerprint density at radius 2 is 2.05 bits per heavy atom. The number of anilines is 1. The molecule has 0 saturated heterocycles. The summed E-state index contributed by atoms with van der Waals surface area (Å²) < 4.78 is 1.68. The van der Waals surface area contributed by atoms with Gasteiger partial charge in [-0.2, -0.15) is 5.10 Å². The van der Waals surface area contributed by atoms with Crippen molar-refractivity contribution >= 4 is 29.1 Å². The van der Waals surface area contributed by atoms with Crippen molar-refractivity contribution < 1.29 is 9.59 Å². The van der Waals surface area contributed by atoms with Crippen LogP contribution in [-0.2, 0) is 11.8 Å². The van der Waals surface area contributed by atoms with Gasteiger partial charge < -0.3 is 10.6 Å². The van der Waals surface area contributed by atoms with Crippen molar-refractivity contribution in [3.63, 3.8) is 0 Å². The standard InChI is InChI=1S/C14H16ClN5O2/c1-8-13(9(2)20(3)19-8)18-12(21)7-17-14(22)10-4-5-11(15)16-6-10/h4-6H,7H2,1-3H3,(H,17,22)(H,18,21). The van der Waals surface area contributed by atoms with Crippen LogP contribution in [-0.4, -0.2) is 33.1 Å². The van der Waals surface area contributed by atoms with Crippen molar-refractivity contribution in [2.24, 2.45) is 7.05 Å². The second-order valence-corrected chi connectivity index (χ2v) is 5.16. The normalized spacial score (nSPS) is 10.4. The van der Waals surface area contributed by atoms with Gasteiger partial charge in [0.25, 0.3) is 5.91 Å². The molecule has 0 unspecified atom stereocenters. The monoisotopic (exact) mass is 321 g/mol. The molecular weight excluding hydrogens is 306 g/mol. The Morgan fingerprint density at radius 1 is 1.32 bits per heavy atom. The van der Waals surface area contributed by atoms with Crippen LogP contribution in [0.4, 0.5) is 5.69 Å². The molecule has 8 heteroatoms. The molecule has 0 fully saturated rings. The number of amides is 2. The van der Waals surface area contributed by atoms with Crippen LogP contribution in [0, 0.1) is 13.8 Å². The smallest absolute Gasteiger partial charge is 0.253 e. The van der Waals surface area contributed by atoms with Crippen molar-refractivity contribution in [3.8, 4) is 0 Å². The molecule has 116 valence electrons. The molecule has 2 aromatic rings. The molecule has 0 aliphatic carbocycles. The third-order valence-electron chi connectivity index (χ3n) is 3.17. The van der Waals surface area contributed by atoms with Gasteiger partial charge >= 0.3 is 0 Å². The molecule has 0 aliphatic rings. The molecule has 2 heterocycles. The van der Waals surface area contributed by atoms with Crippen LogP contribution in [0.15, 0.2) is 18.3 Å². The van der Waals surface area contributed by atoms with Gasteiger partial charge in [0, 0.05) is 13.2 Å². The average molecular weight is 322 g/mol. The summed E-state index contributed by atoms with van der Waals surface area (Å²) in [7, 11) is 1.80. The van der Waals surface area contributed by atoms with E-state index < -0.39 is 0 Å². The number of nitrogens with one attached hydrogen (secondary N) is 2. The molecule has 0 aliphatic heterocycles. The average Bonchev–Trinajstić information content (AvgIpc) is 2.72. The lowest BCUT2D eigenvalue weighted by Gasteiger charge is -2.07. The maximum absolute atomic E-state index is 11.9. The second-order valence-electron chi connectivity index (χ2n) is 4.77. The van der Waals surface area contributed by atoms with E-state index in [0.717, 1.165) is 11.4 Å². The molecule has 7 nitrogen and oxygen atoms in total. The molecule has 2 aromatic heterocycles. The predicted molar refractivity (Wildman–Crippen MR) is 82.9 cm³/mol. The maximum Gasteiger partial charge on any atom is 0.253 e. The van der Waals surface area contributed by atoms with E-state index in [9.17, 15) is 9.59 Å². The van der Waals surface area contributed by atoms with E-state index in [4.69, 9.17) is 11.6 Å². The highest BCUT2D eigenvalue weighted by atomic mass is 35.5. The number of hydrogen-bond donors (Lipinski definition) is 2.